The van der Waals surface area contributed by atoms with Gasteiger partial charge in [0.05, 0.1) is 7.11 Å². The standard InChI is InChI=1S/C14H11N3O3/c1-20-14(19)11-3-2-4-12-15-16-13(17(11)12)9-5-7-10(18)8-6-9/h2-8,18H,1H3. The molecule has 0 amide bonds. The summed E-state index contributed by atoms with van der Waals surface area (Å²) in [6.45, 7) is 0. The van der Waals surface area contributed by atoms with Crippen LogP contribution in [0.1, 0.15) is 10.5 Å². The van der Waals surface area contributed by atoms with Crippen LogP contribution in [0.25, 0.3) is 17.0 Å². The van der Waals surface area contributed by atoms with Crippen LogP contribution in [0.15, 0.2) is 42.5 Å². The number of aromatic nitrogens is 3. The molecule has 0 aliphatic rings. The summed E-state index contributed by atoms with van der Waals surface area (Å²) in [6.07, 6.45) is 0. The first kappa shape index (κ1) is 12.2. The van der Waals surface area contributed by atoms with E-state index in [1.165, 1.54) is 7.11 Å². The monoisotopic (exact) mass is 269 g/mol. The van der Waals surface area contributed by atoms with Gasteiger partial charge in [0.1, 0.15) is 11.4 Å². The van der Waals surface area contributed by atoms with Gasteiger partial charge in [0, 0.05) is 5.56 Å². The molecule has 0 saturated heterocycles. The maximum absolute atomic E-state index is 11.8. The van der Waals surface area contributed by atoms with Gasteiger partial charge in [0.25, 0.3) is 0 Å². The molecular weight excluding hydrogens is 258 g/mol. The van der Waals surface area contributed by atoms with Crippen LogP contribution in [-0.2, 0) is 4.74 Å². The third-order valence-electron chi connectivity index (χ3n) is 2.95. The third kappa shape index (κ3) is 1.87. The van der Waals surface area contributed by atoms with Crippen molar-refractivity contribution in [1.82, 2.24) is 14.6 Å². The van der Waals surface area contributed by atoms with E-state index in [-0.39, 0.29) is 5.75 Å². The number of pyridine rings is 1. The Balaban J connectivity index is 2.26. The van der Waals surface area contributed by atoms with Gasteiger partial charge in [0.15, 0.2) is 11.5 Å². The van der Waals surface area contributed by atoms with Gasteiger partial charge < -0.3 is 9.84 Å². The Hall–Kier alpha value is -2.89. The van der Waals surface area contributed by atoms with Gasteiger partial charge in [-0.05, 0) is 36.4 Å². The highest BCUT2D eigenvalue weighted by atomic mass is 16.5. The molecule has 0 bridgehead atoms. The maximum atomic E-state index is 11.8. The van der Waals surface area contributed by atoms with Crippen molar-refractivity contribution in [2.24, 2.45) is 0 Å². The van der Waals surface area contributed by atoms with E-state index in [1.807, 2.05) is 0 Å². The molecule has 2 heterocycles. The molecule has 0 radical (unpaired) electrons. The molecule has 6 heteroatoms. The van der Waals surface area contributed by atoms with E-state index >= 15 is 0 Å². The van der Waals surface area contributed by atoms with E-state index in [9.17, 15) is 9.90 Å². The van der Waals surface area contributed by atoms with Crippen molar-refractivity contribution in [2.75, 3.05) is 7.11 Å². The fourth-order valence-corrected chi connectivity index (χ4v) is 2.00. The maximum Gasteiger partial charge on any atom is 0.355 e. The zero-order valence-electron chi connectivity index (χ0n) is 10.6. The fraction of sp³-hybridized carbons (Fsp3) is 0.0714. The van der Waals surface area contributed by atoms with Crippen molar-refractivity contribution >= 4 is 11.6 Å². The van der Waals surface area contributed by atoms with E-state index in [2.05, 4.69) is 10.2 Å². The van der Waals surface area contributed by atoms with Crippen molar-refractivity contribution < 1.29 is 14.6 Å². The lowest BCUT2D eigenvalue weighted by molar-refractivity contribution is 0.0592. The molecule has 2 aromatic heterocycles. The highest BCUT2D eigenvalue weighted by Gasteiger charge is 2.16. The van der Waals surface area contributed by atoms with E-state index < -0.39 is 5.97 Å². The van der Waals surface area contributed by atoms with Gasteiger partial charge in [-0.3, -0.25) is 4.40 Å². The molecule has 0 atom stereocenters. The van der Waals surface area contributed by atoms with Crippen molar-refractivity contribution in [3.05, 3.63) is 48.2 Å². The van der Waals surface area contributed by atoms with Gasteiger partial charge in [-0.15, -0.1) is 10.2 Å². The van der Waals surface area contributed by atoms with Crippen molar-refractivity contribution in [2.45, 2.75) is 0 Å². The lowest BCUT2D eigenvalue weighted by atomic mass is 10.2. The summed E-state index contributed by atoms with van der Waals surface area (Å²) < 4.78 is 6.39. The fourth-order valence-electron chi connectivity index (χ4n) is 2.00. The molecule has 1 N–H and O–H groups in total. The number of aromatic hydroxyl groups is 1. The minimum absolute atomic E-state index is 0.163. The molecule has 0 spiro atoms. The topological polar surface area (TPSA) is 76.7 Å². The molecule has 100 valence electrons. The average molecular weight is 269 g/mol. The predicted molar refractivity (Wildman–Crippen MR) is 71.4 cm³/mol. The Bertz CT molecular complexity index is 778. The number of hydrogen-bond donors (Lipinski definition) is 1. The molecule has 3 rings (SSSR count). The zero-order chi connectivity index (χ0) is 14.1. The Morgan fingerprint density at radius 3 is 2.60 bits per heavy atom. The molecule has 1 aromatic carbocycles. The molecule has 20 heavy (non-hydrogen) atoms. The van der Waals surface area contributed by atoms with E-state index in [0.29, 0.717) is 17.2 Å². The third-order valence-corrected chi connectivity index (χ3v) is 2.95. The van der Waals surface area contributed by atoms with Crippen LogP contribution in [-0.4, -0.2) is 32.8 Å². The minimum Gasteiger partial charge on any atom is -0.508 e. The number of phenols is 1. The summed E-state index contributed by atoms with van der Waals surface area (Å²) in [5.41, 5.74) is 1.64. The van der Waals surface area contributed by atoms with Crippen LogP contribution >= 0.6 is 0 Å². The van der Waals surface area contributed by atoms with Crippen molar-refractivity contribution in [3.8, 4) is 17.1 Å². The number of rotatable bonds is 2. The largest absolute Gasteiger partial charge is 0.508 e. The van der Waals surface area contributed by atoms with Crippen LogP contribution in [0.3, 0.4) is 0 Å². The number of carbonyl (C=O) groups excluding carboxylic acids is 1. The van der Waals surface area contributed by atoms with Crippen LogP contribution < -0.4 is 0 Å². The number of phenolic OH excluding ortho intramolecular Hbond substituents is 1. The summed E-state index contributed by atoms with van der Waals surface area (Å²) in [5, 5.41) is 17.5. The quantitative estimate of drug-likeness (QED) is 0.719. The second-order valence-corrected chi connectivity index (χ2v) is 4.17. The zero-order valence-corrected chi connectivity index (χ0v) is 10.6. The van der Waals surface area contributed by atoms with Gasteiger partial charge in [-0.2, -0.15) is 0 Å². The number of nitrogens with zero attached hydrogens (tertiary/aromatic N) is 3. The number of ether oxygens (including phenoxy) is 1. The van der Waals surface area contributed by atoms with Crippen molar-refractivity contribution in [1.29, 1.82) is 0 Å². The molecular formula is C14H11N3O3. The Labute approximate surface area is 114 Å². The molecule has 3 aromatic rings. The van der Waals surface area contributed by atoms with Crippen LogP contribution in [0.2, 0.25) is 0 Å². The van der Waals surface area contributed by atoms with E-state index in [1.54, 1.807) is 46.9 Å². The first-order valence-corrected chi connectivity index (χ1v) is 5.92. The Morgan fingerprint density at radius 2 is 1.90 bits per heavy atom. The summed E-state index contributed by atoms with van der Waals surface area (Å²) in [4.78, 5) is 11.8. The molecule has 0 saturated carbocycles. The Morgan fingerprint density at radius 1 is 1.15 bits per heavy atom. The summed E-state index contributed by atoms with van der Waals surface area (Å²) in [7, 11) is 1.33. The van der Waals surface area contributed by atoms with Crippen LogP contribution in [0.5, 0.6) is 5.75 Å². The molecule has 0 unspecified atom stereocenters. The SMILES string of the molecule is COC(=O)c1cccc2nnc(-c3ccc(O)cc3)n12. The first-order chi connectivity index (χ1) is 9.70. The average Bonchev–Trinajstić information content (AvgIpc) is 2.91. The van der Waals surface area contributed by atoms with Crippen LogP contribution in [0, 0.1) is 0 Å². The summed E-state index contributed by atoms with van der Waals surface area (Å²) >= 11 is 0. The summed E-state index contributed by atoms with van der Waals surface area (Å²) in [6, 6.07) is 11.6. The highest BCUT2D eigenvalue weighted by molar-refractivity contribution is 5.89. The Kier molecular flexibility index (Phi) is 2.83. The second kappa shape index (κ2) is 4.65. The smallest absolute Gasteiger partial charge is 0.355 e. The lowest BCUT2D eigenvalue weighted by Gasteiger charge is -2.06. The number of benzene rings is 1. The lowest BCUT2D eigenvalue weighted by Crippen LogP contribution is -2.08. The number of methoxy groups -OCH3 is 1. The number of hydrogen-bond acceptors (Lipinski definition) is 5. The number of esters is 1. The van der Waals surface area contributed by atoms with E-state index in [0.717, 1.165) is 5.56 Å². The van der Waals surface area contributed by atoms with E-state index in [4.69, 9.17) is 4.74 Å². The highest BCUT2D eigenvalue weighted by Crippen LogP contribution is 2.22. The normalized spacial score (nSPS) is 10.7. The minimum atomic E-state index is -0.463. The molecule has 0 aliphatic heterocycles. The molecule has 6 nitrogen and oxygen atoms in total. The first-order valence-electron chi connectivity index (χ1n) is 5.92. The van der Waals surface area contributed by atoms with Crippen molar-refractivity contribution in [3.63, 3.8) is 0 Å². The molecule has 0 aliphatic carbocycles. The van der Waals surface area contributed by atoms with Gasteiger partial charge in [-0.25, -0.2) is 4.79 Å². The predicted octanol–water partition coefficient (Wildman–Crippen LogP) is 1.89. The van der Waals surface area contributed by atoms with Gasteiger partial charge in [-0.1, -0.05) is 6.07 Å². The number of fused-ring (bicyclic) bond motifs is 1. The number of carbonyl (C=O) groups is 1. The van der Waals surface area contributed by atoms with Crippen LogP contribution in [0.4, 0.5) is 0 Å². The summed E-state index contributed by atoms with van der Waals surface area (Å²) in [5.74, 6) is 0.215. The van der Waals surface area contributed by atoms with Gasteiger partial charge >= 0.3 is 5.97 Å². The van der Waals surface area contributed by atoms with Gasteiger partial charge in [0.2, 0.25) is 0 Å². The second-order valence-electron chi connectivity index (χ2n) is 4.17. The molecule has 0 fully saturated rings.